The maximum atomic E-state index is 15.4. The van der Waals surface area contributed by atoms with Gasteiger partial charge in [-0.1, -0.05) is 50.5 Å². The fourth-order valence-electron chi connectivity index (χ4n) is 6.07. The Morgan fingerprint density at radius 3 is 2.30 bits per heavy atom. The van der Waals surface area contributed by atoms with E-state index in [1.165, 1.54) is 24.3 Å². The smallest absolute Gasteiger partial charge is 0.349 e. The average molecular weight is 660 g/mol. The van der Waals surface area contributed by atoms with Crippen molar-refractivity contribution in [2.75, 3.05) is 38.5 Å². The van der Waals surface area contributed by atoms with Gasteiger partial charge in [-0.05, 0) is 55.1 Å². The molecule has 2 fully saturated rings. The largest absolute Gasteiger partial charge is 0.392 e. The Bertz CT molecular complexity index is 1430. The molecule has 0 aromatic heterocycles. The first-order valence-corrected chi connectivity index (χ1v) is 16.2. The summed E-state index contributed by atoms with van der Waals surface area (Å²) in [5.74, 6) is -8.31. The highest BCUT2D eigenvalue weighted by molar-refractivity contribution is 5.98. The standard InChI is InChI=1S/C34H44F3N5O5/c1-3-29(44)38-28(32(46)42-16-14-41(2)15-17-42)20-22-12-13-27(26(35)19-22)39-31(45)30(24-9-5-4-6-10-24)40-33(47)34(36,37)25-11-7-8-23(18-25)21-43/h7-8,11-13,18-19,24,28,30,43H,3-6,9-10,14-17,20-21H2,1-2H3,(H,38,44)(H,39,45)(H,40,47). The zero-order chi connectivity index (χ0) is 34.1. The normalized spacial score (nSPS) is 17.4. The summed E-state index contributed by atoms with van der Waals surface area (Å²) < 4.78 is 45.9. The second-order valence-corrected chi connectivity index (χ2v) is 12.4. The number of nitrogens with zero attached hydrogens (tertiary/aromatic N) is 2. The van der Waals surface area contributed by atoms with Gasteiger partial charge in [-0.15, -0.1) is 0 Å². The van der Waals surface area contributed by atoms with Crippen LogP contribution in [-0.4, -0.2) is 83.8 Å². The van der Waals surface area contributed by atoms with E-state index < -0.39 is 53.7 Å². The van der Waals surface area contributed by atoms with Gasteiger partial charge in [-0.25, -0.2) is 4.39 Å². The van der Waals surface area contributed by atoms with Crippen LogP contribution in [0.5, 0.6) is 0 Å². The Balaban J connectivity index is 1.49. The first kappa shape index (κ1) is 35.9. The molecule has 2 aromatic rings. The highest BCUT2D eigenvalue weighted by Gasteiger charge is 2.44. The Morgan fingerprint density at radius 2 is 1.66 bits per heavy atom. The minimum atomic E-state index is -3.99. The van der Waals surface area contributed by atoms with Crippen molar-refractivity contribution in [3.8, 4) is 0 Å². The number of aliphatic hydroxyl groups excluding tert-OH is 1. The van der Waals surface area contributed by atoms with Crippen molar-refractivity contribution in [2.45, 2.75) is 76.5 Å². The number of carbonyl (C=O) groups is 4. The number of rotatable bonds is 12. The summed E-state index contributed by atoms with van der Waals surface area (Å²) in [6, 6.07) is 6.61. The van der Waals surface area contributed by atoms with E-state index in [-0.39, 0.29) is 35.9 Å². The Kier molecular flexibility index (Phi) is 12.4. The number of benzene rings is 2. The van der Waals surface area contributed by atoms with Gasteiger partial charge in [0.1, 0.15) is 17.9 Å². The highest BCUT2D eigenvalue weighted by Crippen LogP contribution is 2.32. The molecule has 256 valence electrons. The molecule has 4 N–H and O–H groups in total. The molecule has 1 aliphatic heterocycles. The van der Waals surface area contributed by atoms with Crippen LogP contribution in [0.25, 0.3) is 0 Å². The second kappa shape index (κ2) is 16.2. The minimum absolute atomic E-state index is 0.0232. The van der Waals surface area contributed by atoms with Crippen LogP contribution in [0.4, 0.5) is 18.9 Å². The Hall–Kier alpha value is -3.97. The molecule has 1 saturated heterocycles. The van der Waals surface area contributed by atoms with Crippen LogP contribution in [0.15, 0.2) is 42.5 Å². The van der Waals surface area contributed by atoms with Crippen LogP contribution in [0.2, 0.25) is 0 Å². The molecule has 1 aliphatic carbocycles. The van der Waals surface area contributed by atoms with Crippen molar-refractivity contribution in [3.63, 3.8) is 0 Å². The molecular weight excluding hydrogens is 615 g/mol. The minimum Gasteiger partial charge on any atom is -0.392 e. The molecule has 1 saturated carbocycles. The number of likely N-dealkylation sites (N-methyl/N-ethyl adjacent to an activating group) is 1. The molecule has 2 aromatic carbocycles. The van der Waals surface area contributed by atoms with E-state index in [2.05, 4.69) is 20.9 Å². The maximum absolute atomic E-state index is 15.4. The van der Waals surface area contributed by atoms with Gasteiger partial charge in [0.05, 0.1) is 12.3 Å². The lowest BCUT2D eigenvalue weighted by Crippen LogP contribution is -2.54. The van der Waals surface area contributed by atoms with E-state index in [0.29, 0.717) is 44.6 Å². The predicted molar refractivity (Wildman–Crippen MR) is 170 cm³/mol. The van der Waals surface area contributed by atoms with E-state index in [0.717, 1.165) is 37.5 Å². The van der Waals surface area contributed by atoms with E-state index in [1.807, 2.05) is 7.05 Å². The molecule has 2 atom stereocenters. The molecule has 0 bridgehead atoms. The summed E-state index contributed by atoms with van der Waals surface area (Å²) >= 11 is 0. The van der Waals surface area contributed by atoms with Crippen LogP contribution in [0.1, 0.15) is 62.1 Å². The molecular formula is C34H44F3N5O5. The van der Waals surface area contributed by atoms with Crippen molar-refractivity contribution in [1.82, 2.24) is 20.4 Å². The quantitative estimate of drug-likeness (QED) is 0.277. The third kappa shape index (κ3) is 9.32. The lowest BCUT2D eigenvalue weighted by Gasteiger charge is -2.34. The van der Waals surface area contributed by atoms with Crippen molar-refractivity contribution >= 4 is 29.3 Å². The summed E-state index contributed by atoms with van der Waals surface area (Å²) in [4.78, 5) is 55.7. The van der Waals surface area contributed by atoms with Crippen molar-refractivity contribution < 1.29 is 37.5 Å². The van der Waals surface area contributed by atoms with Crippen LogP contribution < -0.4 is 16.0 Å². The van der Waals surface area contributed by atoms with Gasteiger partial charge in [0.25, 0.3) is 5.91 Å². The van der Waals surface area contributed by atoms with Crippen LogP contribution in [-0.2, 0) is 38.1 Å². The van der Waals surface area contributed by atoms with Gasteiger partial charge in [-0.2, -0.15) is 8.78 Å². The number of amides is 4. The number of anilines is 1. The van der Waals surface area contributed by atoms with E-state index in [1.54, 1.807) is 11.8 Å². The third-order valence-electron chi connectivity index (χ3n) is 8.95. The molecule has 1 heterocycles. The number of halogens is 3. The van der Waals surface area contributed by atoms with Gasteiger partial charge >= 0.3 is 5.92 Å². The summed E-state index contributed by atoms with van der Waals surface area (Å²) in [7, 11) is 1.96. The Labute approximate surface area is 273 Å². The monoisotopic (exact) mass is 659 g/mol. The first-order valence-electron chi connectivity index (χ1n) is 16.2. The third-order valence-corrected chi connectivity index (χ3v) is 8.95. The zero-order valence-electron chi connectivity index (χ0n) is 26.9. The zero-order valence-corrected chi connectivity index (χ0v) is 26.9. The number of nitrogens with one attached hydrogen (secondary N) is 3. The van der Waals surface area contributed by atoms with Gasteiger partial charge in [0.2, 0.25) is 17.7 Å². The number of aliphatic hydroxyl groups is 1. The lowest BCUT2D eigenvalue weighted by molar-refractivity contribution is -0.149. The number of alkyl halides is 2. The predicted octanol–water partition coefficient (Wildman–Crippen LogP) is 3.32. The number of carbonyl (C=O) groups excluding carboxylic acids is 4. The summed E-state index contributed by atoms with van der Waals surface area (Å²) in [6.07, 6.45) is 3.67. The number of piperazine rings is 1. The van der Waals surface area contributed by atoms with E-state index >= 15 is 13.2 Å². The summed E-state index contributed by atoms with van der Waals surface area (Å²) in [5, 5.41) is 16.8. The maximum Gasteiger partial charge on any atom is 0.349 e. The molecule has 47 heavy (non-hydrogen) atoms. The highest BCUT2D eigenvalue weighted by atomic mass is 19.3. The van der Waals surface area contributed by atoms with E-state index in [4.69, 9.17) is 0 Å². The number of hydrogen-bond acceptors (Lipinski definition) is 6. The molecule has 4 rings (SSSR count). The van der Waals surface area contributed by atoms with Crippen LogP contribution in [0, 0.1) is 11.7 Å². The van der Waals surface area contributed by atoms with Crippen LogP contribution in [0.3, 0.4) is 0 Å². The van der Waals surface area contributed by atoms with Crippen molar-refractivity contribution in [1.29, 1.82) is 0 Å². The summed E-state index contributed by atoms with van der Waals surface area (Å²) in [5.41, 5.74) is -0.217. The van der Waals surface area contributed by atoms with Crippen LogP contribution >= 0.6 is 0 Å². The lowest BCUT2D eigenvalue weighted by atomic mass is 9.83. The fourth-order valence-corrected chi connectivity index (χ4v) is 6.07. The molecule has 4 amide bonds. The molecule has 0 spiro atoms. The molecule has 0 radical (unpaired) electrons. The summed E-state index contributed by atoms with van der Waals surface area (Å²) in [6.45, 7) is 3.59. The molecule has 10 nitrogen and oxygen atoms in total. The van der Waals surface area contributed by atoms with Crippen molar-refractivity contribution in [2.24, 2.45) is 5.92 Å². The molecule has 2 unspecified atom stereocenters. The van der Waals surface area contributed by atoms with Gasteiger partial charge < -0.3 is 30.9 Å². The van der Waals surface area contributed by atoms with Gasteiger partial charge in [0.15, 0.2) is 0 Å². The second-order valence-electron chi connectivity index (χ2n) is 12.4. The van der Waals surface area contributed by atoms with Gasteiger partial charge in [-0.3, -0.25) is 19.2 Å². The average Bonchev–Trinajstić information content (AvgIpc) is 3.08. The number of hydrogen-bond donors (Lipinski definition) is 4. The SMILES string of the molecule is CCC(=O)NC(Cc1ccc(NC(=O)C(NC(=O)C(F)(F)c2cccc(CO)c2)C2CCCCC2)c(F)c1)C(=O)N1CCN(C)CC1. The van der Waals surface area contributed by atoms with E-state index in [9.17, 15) is 24.3 Å². The molecule has 13 heteroatoms. The van der Waals surface area contributed by atoms with Gasteiger partial charge in [0, 0.05) is 44.6 Å². The fraction of sp³-hybridized carbons (Fsp3) is 0.529. The topological polar surface area (TPSA) is 131 Å². The Morgan fingerprint density at radius 1 is 0.957 bits per heavy atom. The van der Waals surface area contributed by atoms with Crippen molar-refractivity contribution in [3.05, 3.63) is 65.0 Å². The molecule has 2 aliphatic rings. The first-order chi connectivity index (χ1) is 22.4.